The zero-order valence-corrected chi connectivity index (χ0v) is 19.7. The lowest BCUT2D eigenvalue weighted by Crippen LogP contribution is -2.22. The van der Waals surface area contributed by atoms with Gasteiger partial charge < -0.3 is 4.90 Å². The Morgan fingerprint density at radius 1 is 0.882 bits per heavy atom. The van der Waals surface area contributed by atoms with Crippen LogP contribution < -0.4 is 5.01 Å². The summed E-state index contributed by atoms with van der Waals surface area (Å²) in [5, 5.41) is 15.8. The molecule has 0 N–H and O–H groups in total. The van der Waals surface area contributed by atoms with E-state index in [4.69, 9.17) is 5.10 Å². The van der Waals surface area contributed by atoms with Crippen LogP contribution in [0.25, 0.3) is 5.69 Å². The summed E-state index contributed by atoms with van der Waals surface area (Å²) in [6.07, 6.45) is 0. The molecule has 1 amide bonds. The number of hydrogen-bond acceptors (Lipinski definition) is 5. The van der Waals surface area contributed by atoms with Crippen LogP contribution in [-0.2, 0) is 6.54 Å². The summed E-state index contributed by atoms with van der Waals surface area (Å²) in [6.45, 7) is 4.51. The van der Waals surface area contributed by atoms with Crippen molar-refractivity contribution in [3.05, 3.63) is 106 Å². The zero-order chi connectivity index (χ0) is 23.8. The van der Waals surface area contributed by atoms with Crippen LogP contribution in [0.5, 0.6) is 0 Å². The number of carbonyl (C=O) groups is 1. The van der Waals surface area contributed by atoms with E-state index in [1.165, 1.54) is 5.56 Å². The monoisotopic (exact) mass is 450 g/mol. The second kappa shape index (κ2) is 8.59. The second-order valence-corrected chi connectivity index (χ2v) is 8.67. The molecule has 7 heteroatoms. The van der Waals surface area contributed by atoms with E-state index in [9.17, 15) is 4.79 Å². The normalized spacial score (nSPS) is 12.5. The number of aryl methyl sites for hydroxylation is 2. The van der Waals surface area contributed by atoms with Gasteiger partial charge in [-0.1, -0.05) is 60.2 Å². The van der Waals surface area contributed by atoms with Gasteiger partial charge in [0.25, 0.3) is 11.9 Å². The first-order chi connectivity index (χ1) is 16.4. The molecule has 0 bridgehead atoms. The van der Waals surface area contributed by atoms with E-state index in [0.29, 0.717) is 18.1 Å². The van der Waals surface area contributed by atoms with Gasteiger partial charge >= 0.3 is 0 Å². The van der Waals surface area contributed by atoms with Crippen molar-refractivity contribution in [2.24, 2.45) is 5.10 Å². The molecule has 0 radical (unpaired) electrons. The Hall–Kier alpha value is -4.26. The van der Waals surface area contributed by atoms with Crippen LogP contribution >= 0.6 is 0 Å². The number of carbonyl (C=O) groups excluding carboxylic acids is 1. The maximum absolute atomic E-state index is 12.3. The third kappa shape index (κ3) is 3.85. The molecular formula is C27H26N6O. The molecule has 0 unspecified atom stereocenters. The van der Waals surface area contributed by atoms with Crippen molar-refractivity contribution in [2.45, 2.75) is 20.4 Å². The Morgan fingerprint density at radius 2 is 1.59 bits per heavy atom. The van der Waals surface area contributed by atoms with Gasteiger partial charge in [0.15, 0.2) is 0 Å². The molecule has 1 aliphatic rings. The van der Waals surface area contributed by atoms with Crippen molar-refractivity contribution in [3.8, 4) is 5.69 Å². The minimum absolute atomic E-state index is 0.0215. The molecule has 1 aliphatic heterocycles. The molecule has 0 fully saturated rings. The summed E-state index contributed by atoms with van der Waals surface area (Å²) in [5.41, 5.74) is 6.79. The van der Waals surface area contributed by atoms with Crippen LogP contribution in [0.1, 0.15) is 38.4 Å². The molecule has 1 aromatic heterocycles. The Bertz CT molecular complexity index is 1380. The number of para-hydroxylation sites is 1. The summed E-state index contributed by atoms with van der Waals surface area (Å²) in [5.74, 6) is 1.42. The molecule has 4 aromatic rings. The minimum atomic E-state index is -0.0215. The highest BCUT2D eigenvalue weighted by molar-refractivity contribution is 6.15. The van der Waals surface area contributed by atoms with Crippen LogP contribution in [0.4, 0.5) is 5.95 Å². The molecular weight excluding hydrogens is 424 g/mol. The number of aromatic nitrogens is 3. The van der Waals surface area contributed by atoms with Gasteiger partial charge in [0, 0.05) is 30.8 Å². The SMILES string of the molecule is Cc1ccc(C2=NN(Cc3ccc(C(=O)N(C)C)cc3)c3nnc(C)n3-c3ccccc32)cc1. The molecule has 0 saturated carbocycles. The highest BCUT2D eigenvalue weighted by atomic mass is 16.2. The van der Waals surface area contributed by atoms with Gasteiger partial charge in [-0.25, -0.2) is 5.01 Å². The van der Waals surface area contributed by atoms with E-state index in [0.717, 1.165) is 33.9 Å². The second-order valence-electron chi connectivity index (χ2n) is 8.67. The van der Waals surface area contributed by atoms with Crippen molar-refractivity contribution in [1.29, 1.82) is 0 Å². The number of hydrazone groups is 1. The number of anilines is 1. The Labute approximate surface area is 199 Å². The molecule has 7 nitrogen and oxygen atoms in total. The van der Waals surface area contributed by atoms with E-state index in [1.54, 1.807) is 19.0 Å². The first-order valence-corrected chi connectivity index (χ1v) is 11.2. The summed E-state index contributed by atoms with van der Waals surface area (Å²) in [7, 11) is 3.50. The third-order valence-corrected chi connectivity index (χ3v) is 5.92. The van der Waals surface area contributed by atoms with Crippen LogP contribution in [0.3, 0.4) is 0 Å². The summed E-state index contributed by atoms with van der Waals surface area (Å²) < 4.78 is 2.05. The van der Waals surface area contributed by atoms with Gasteiger partial charge in [-0.2, -0.15) is 5.10 Å². The topological polar surface area (TPSA) is 66.6 Å². The highest BCUT2D eigenvalue weighted by Crippen LogP contribution is 2.30. The average Bonchev–Trinajstić information content (AvgIpc) is 3.17. The summed E-state index contributed by atoms with van der Waals surface area (Å²) in [6, 6.07) is 24.2. The third-order valence-electron chi connectivity index (χ3n) is 5.92. The lowest BCUT2D eigenvalue weighted by atomic mass is 9.99. The van der Waals surface area contributed by atoms with Crippen molar-refractivity contribution in [2.75, 3.05) is 19.1 Å². The van der Waals surface area contributed by atoms with Crippen molar-refractivity contribution in [3.63, 3.8) is 0 Å². The van der Waals surface area contributed by atoms with Crippen LogP contribution in [-0.4, -0.2) is 45.4 Å². The standard InChI is InChI=1S/C27H26N6O/c1-18-9-13-21(14-10-18)25-23-7-5-6-8-24(23)33-19(2)28-29-27(33)32(30-25)17-20-11-15-22(16-12-20)26(34)31(3)4/h5-16H,17H2,1-4H3. The maximum Gasteiger partial charge on any atom is 0.253 e. The molecule has 0 saturated heterocycles. The summed E-state index contributed by atoms with van der Waals surface area (Å²) >= 11 is 0. The van der Waals surface area contributed by atoms with Crippen molar-refractivity contribution >= 4 is 17.6 Å². The van der Waals surface area contributed by atoms with Crippen LogP contribution in [0, 0.1) is 13.8 Å². The van der Waals surface area contributed by atoms with Gasteiger partial charge in [-0.15, -0.1) is 10.2 Å². The highest BCUT2D eigenvalue weighted by Gasteiger charge is 2.26. The lowest BCUT2D eigenvalue weighted by molar-refractivity contribution is 0.0827. The van der Waals surface area contributed by atoms with Gasteiger partial charge in [-0.3, -0.25) is 9.36 Å². The lowest BCUT2D eigenvalue weighted by Gasteiger charge is -2.18. The predicted octanol–water partition coefficient (Wildman–Crippen LogP) is 4.36. The van der Waals surface area contributed by atoms with E-state index in [2.05, 4.69) is 53.5 Å². The quantitative estimate of drug-likeness (QED) is 0.463. The fourth-order valence-corrected chi connectivity index (χ4v) is 4.10. The molecule has 0 spiro atoms. The first kappa shape index (κ1) is 21.6. The zero-order valence-electron chi connectivity index (χ0n) is 19.7. The van der Waals surface area contributed by atoms with Crippen molar-refractivity contribution in [1.82, 2.24) is 19.7 Å². The van der Waals surface area contributed by atoms with E-state index in [-0.39, 0.29) is 5.91 Å². The molecule has 170 valence electrons. The average molecular weight is 451 g/mol. The smallest absolute Gasteiger partial charge is 0.253 e. The fraction of sp³-hybridized carbons (Fsp3) is 0.185. The number of hydrogen-bond donors (Lipinski definition) is 0. The molecule has 2 heterocycles. The number of amides is 1. The molecule has 0 atom stereocenters. The van der Waals surface area contributed by atoms with Crippen LogP contribution in [0.2, 0.25) is 0 Å². The fourth-order valence-electron chi connectivity index (χ4n) is 4.10. The molecule has 3 aromatic carbocycles. The predicted molar refractivity (Wildman–Crippen MR) is 134 cm³/mol. The van der Waals surface area contributed by atoms with Gasteiger partial charge in [0.05, 0.1) is 12.2 Å². The molecule has 5 rings (SSSR count). The number of fused-ring (bicyclic) bond motifs is 3. The summed E-state index contributed by atoms with van der Waals surface area (Å²) in [4.78, 5) is 13.9. The maximum atomic E-state index is 12.3. The van der Waals surface area contributed by atoms with Gasteiger partial charge in [0.2, 0.25) is 0 Å². The van der Waals surface area contributed by atoms with Gasteiger partial charge in [0.1, 0.15) is 11.5 Å². The van der Waals surface area contributed by atoms with Crippen LogP contribution in [0.15, 0.2) is 77.9 Å². The first-order valence-electron chi connectivity index (χ1n) is 11.2. The Kier molecular flexibility index (Phi) is 5.45. The van der Waals surface area contributed by atoms with Crippen molar-refractivity contribution < 1.29 is 4.79 Å². The van der Waals surface area contributed by atoms with E-state index >= 15 is 0 Å². The van der Waals surface area contributed by atoms with E-state index in [1.807, 2.05) is 52.9 Å². The Balaban J connectivity index is 1.61. The van der Waals surface area contributed by atoms with Gasteiger partial charge in [-0.05, 0) is 37.6 Å². The minimum Gasteiger partial charge on any atom is -0.345 e. The number of benzene rings is 3. The number of rotatable bonds is 4. The molecule has 34 heavy (non-hydrogen) atoms. The van der Waals surface area contributed by atoms with E-state index < -0.39 is 0 Å². The largest absolute Gasteiger partial charge is 0.345 e. The Morgan fingerprint density at radius 3 is 2.29 bits per heavy atom. The molecule has 0 aliphatic carbocycles. The number of nitrogens with zero attached hydrogens (tertiary/aromatic N) is 6.